The van der Waals surface area contributed by atoms with Gasteiger partial charge in [0.1, 0.15) is 0 Å². The normalized spacial score (nSPS) is 12.0. The number of hydrogen-bond acceptors (Lipinski definition) is 3. The monoisotopic (exact) mass is 245 g/mol. The highest BCUT2D eigenvalue weighted by Crippen LogP contribution is 2.28. The third-order valence-electron chi connectivity index (χ3n) is 2.24. The maximum atomic E-state index is 12.4. The average Bonchev–Trinajstić information content (AvgIpc) is 2.61. The van der Waals surface area contributed by atoms with Crippen LogP contribution in [0.2, 0.25) is 0 Å². The molecule has 0 bridgehead atoms. The number of carbonyl (C=O) groups is 1. The van der Waals surface area contributed by atoms with Gasteiger partial charge in [-0.25, -0.2) is 14.3 Å². The minimum absolute atomic E-state index is 0.0418. The Bertz CT molecular complexity index is 603. The molecule has 2 rings (SSSR count). The van der Waals surface area contributed by atoms with Gasteiger partial charge in [0.15, 0.2) is 11.3 Å². The number of fused-ring (bicyclic) bond motifs is 1. The second-order valence-electron chi connectivity index (χ2n) is 3.36. The number of nitrogens with zero attached hydrogens (tertiary/aromatic N) is 3. The van der Waals surface area contributed by atoms with Crippen LogP contribution in [-0.4, -0.2) is 25.7 Å². The van der Waals surface area contributed by atoms with Crippen molar-refractivity contribution in [2.75, 3.05) is 0 Å². The largest absolute Gasteiger partial charge is 0.478 e. The first-order valence-corrected chi connectivity index (χ1v) is 4.46. The second kappa shape index (κ2) is 3.44. The number of carboxylic acids is 1. The zero-order chi connectivity index (χ0) is 12.8. The molecule has 0 aliphatic rings. The highest BCUT2D eigenvalue weighted by Gasteiger charge is 2.34. The molecule has 0 aromatic carbocycles. The fraction of sp³-hybridized carbons (Fsp3) is 0.222. The number of rotatable bonds is 1. The summed E-state index contributed by atoms with van der Waals surface area (Å²) in [6.07, 6.45) is -3.57. The van der Waals surface area contributed by atoms with Crippen molar-refractivity contribution in [3.8, 4) is 0 Å². The molecule has 2 aromatic rings. The number of aromatic nitrogens is 3. The third kappa shape index (κ3) is 1.81. The van der Waals surface area contributed by atoms with Gasteiger partial charge in [-0.1, -0.05) is 0 Å². The minimum atomic E-state index is -4.58. The van der Waals surface area contributed by atoms with E-state index in [1.807, 2.05) is 0 Å². The Balaban J connectivity index is 2.70. The summed E-state index contributed by atoms with van der Waals surface area (Å²) in [5.74, 6) is -1.26. The maximum absolute atomic E-state index is 12.4. The summed E-state index contributed by atoms with van der Waals surface area (Å²) in [4.78, 5) is 14.4. The van der Waals surface area contributed by atoms with E-state index in [1.165, 1.54) is 6.92 Å². The van der Waals surface area contributed by atoms with Crippen LogP contribution >= 0.6 is 0 Å². The fourth-order valence-corrected chi connectivity index (χ4v) is 1.40. The molecule has 0 amide bonds. The van der Waals surface area contributed by atoms with Gasteiger partial charge in [0, 0.05) is 12.3 Å². The first-order valence-electron chi connectivity index (χ1n) is 4.46. The van der Waals surface area contributed by atoms with E-state index in [1.54, 1.807) is 0 Å². The lowest BCUT2D eigenvalue weighted by atomic mass is 10.2. The molecular weight excluding hydrogens is 239 g/mol. The zero-order valence-corrected chi connectivity index (χ0v) is 8.49. The van der Waals surface area contributed by atoms with Gasteiger partial charge in [0.2, 0.25) is 0 Å². The van der Waals surface area contributed by atoms with E-state index in [9.17, 15) is 18.0 Å². The van der Waals surface area contributed by atoms with Crippen LogP contribution in [0, 0.1) is 6.92 Å². The van der Waals surface area contributed by atoms with Crippen LogP contribution in [0.1, 0.15) is 21.7 Å². The van der Waals surface area contributed by atoms with Crippen molar-refractivity contribution < 1.29 is 23.1 Å². The Hall–Kier alpha value is -2.12. The Morgan fingerprint density at radius 1 is 1.47 bits per heavy atom. The van der Waals surface area contributed by atoms with Crippen molar-refractivity contribution in [1.29, 1.82) is 0 Å². The zero-order valence-electron chi connectivity index (χ0n) is 8.49. The topological polar surface area (TPSA) is 67.5 Å². The van der Waals surface area contributed by atoms with E-state index >= 15 is 0 Å². The van der Waals surface area contributed by atoms with Crippen LogP contribution in [0.5, 0.6) is 0 Å². The Labute approximate surface area is 92.5 Å². The van der Waals surface area contributed by atoms with Gasteiger partial charge in [-0.3, -0.25) is 0 Å². The van der Waals surface area contributed by atoms with Crippen LogP contribution in [0.3, 0.4) is 0 Å². The van der Waals surface area contributed by atoms with E-state index in [0.29, 0.717) is 0 Å². The Kier molecular flexibility index (Phi) is 2.30. The Morgan fingerprint density at radius 3 is 2.65 bits per heavy atom. The van der Waals surface area contributed by atoms with Gasteiger partial charge in [0.05, 0.1) is 11.3 Å². The predicted octanol–water partition coefficient (Wildman–Crippen LogP) is 1.75. The van der Waals surface area contributed by atoms with Gasteiger partial charge < -0.3 is 5.11 Å². The molecule has 0 aliphatic heterocycles. The molecule has 0 radical (unpaired) electrons. The summed E-state index contributed by atoms with van der Waals surface area (Å²) in [5, 5.41) is 12.1. The number of alkyl halides is 3. The van der Waals surface area contributed by atoms with E-state index < -0.39 is 17.8 Å². The number of hydrogen-bond donors (Lipinski definition) is 1. The quantitative estimate of drug-likeness (QED) is 0.831. The van der Waals surface area contributed by atoms with Crippen LogP contribution in [0.4, 0.5) is 13.2 Å². The molecule has 0 saturated carbocycles. The van der Waals surface area contributed by atoms with E-state index in [-0.39, 0.29) is 16.9 Å². The number of carboxylic acid groups (broad SMARTS) is 1. The lowest BCUT2D eigenvalue weighted by Crippen LogP contribution is -2.09. The maximum Gasteiger partial charge on any atom is 0.435 e. The summed E-state index contributed by atoms with van der Waals surface area (Å²) in [6.45, 7) is 1.37. The van der Waals surface area contributed by atoms with Gasteiger partial charge >= 0.3 is 12.1 Å². The smallest absolute Gasteiger partial charge is 0.435 e. The minimum Gasteiger partial charge on any atom is -0.478 e. The first-order chi connectivity index (χ1) is 7.80. The number of aromatic carboxylic acids is 1. The van der Waals surface area contributed by atoms with Gasteiger partial charge in [-0.15, -0.1) is 0 Å². The molecule has 0 unspecified atom stereocenters. The van der Waals surface area contributed by atoms with Crippen molar-refractivity contribution >= 4 is 11.6 Å². The van der Waals surface area contributed by atoms with Crippen LogP contribution < -0.4 is 0 Å². The van der Waals surface area contributed by atoms with E-state index in [2.05, 4.69) is 10.1 Å². The molecule has 0 spiro atoms. The number of aryl methyl sites for hydroxylation is 1. The highest BCUT2D eigenvalue weighted by molar-refractivity contribution is 5.88. The second-order valence-corrected chi connectivity index (χ2v) is 3.36. The molecule has 5 nitrogen and oxygen atoms in total. The number of halogens is 3. The lowest BCUT2D eigenvalue weighted by molar-refractivity contribution is -0.141. The molecule has 2 aromatic heterocycles. The van der Waals surface area contributed by atoms with Crippen molar-refractivity contribution in [2.24, 2.45) is 0 Å². The molecule has 90 valence electrons. The summed E-state index contributed by atoms with van der Waals surface area (Å²) in [7, 11) is 0. The predicted molar refractivity (Wildman–Crippen MR) is 49.7 cm³/mol. The van der Waals surface area contributed by atoms with Gasteiger partial charge in [-0.05, 0) is 6.92 Å². The van der Waals surface area contributed by atoms with Crippen molar-refractivity contribution in [3.05, 3.63) is 29.2 Å². The molecule has 0 saturated heterocycles. The molecule has 0 atom stereocenters. The first kappa shape index (κ1) is 11.4. The fourth-order valence-electron chi connectivity index (χ4n) is 1.40. The Morgan fingerprint density at radius 2 is 2.12 bits per heavy atom. The molecule has 8 heteroatoms. The molecule has 0 aliphatic carbocycles. The van der Waals surface area contributed by atoms with E-state index in [0.717, 1.165) is 16.8 Å². The average molecular weight is 245 g/mol. The van der Waals surface area contributed by atoms with Crippen LogP contribution in [0.15, 0.2) is 12.3 Å². The summed E-state index contributed by atoms with van der Waals surface area (Å²) >= 11 is 0. The van der Waals surface area contributed by atoms with Crippen LogP contribution in [-0.2, 0) is 6.18 Å². The van der Waals surface area contributed by atoms with Gasteiger partial charge in [-0.2, -0.15) is 18.3 Å². The summed E-state index contributed by atoms with van der Waals surface area (Å²) in [6, 6.07) is 0.763. The molecule has 0 fully saturated rings. The highest BCUT2D eigenvalue weighted by atomic mass is 19.4. The molecule has 17 heavy (non-hydrogen) atoms. The molecule has 1 N–H and O–H groups in total. The molecular formula is C9H6F3N3O2. The standard InChI is InChI=1S/C9H6F3N3O2/c1-4-5(8(16)17)3-13-7-2-6(9(10,11)12)14-15(4)7/h2-3H,1H3,(H,16,17). The van der Waals surface area contributed by atoms with Crippen molar-refractivity contribution in [1.82, 2.24) is 14.6 Å². The summed E-state index contributed by atoms with van der Waals surface area (Å²) in [5.41, 5.74) is -1.23. The summed E-state index contributed by atoms with van der Waals surface area (Å²) < 4.78 is 38.1. The van der Waals surface area contributed by atoms with E-state index in [4.69, 9.17) is 5.11 Å². The third-order valence-corrected chi connectivity index (χ3v) is 2.24. The molecule has 2 heterocycles. The van der Waals surface area contributed by atoms with Crippen molar-refractivity contribution in [3.63, 3.8) is 0 Å². The van der Waals surface area contributed by atoms with Crippen LogP contribution in [0.25, 0.3) is 5.65 Å². The SMILES string of the molecule is Cc1c(C(=O)O)cnc2cc(C(F)(F)F)nn12. The lowest BCUT2D eigenvalue weighted by Gasteiger charge is -2.02. The van der Waals surface area contributed by atoms with Gasteiger partial charge in [0.25, 0.3) is 0 Å². The van der Waals surface area contributed by atoms with Crippen molar-refractivity contribution in [2.45, 2.75) is 13.1 Å².